The molecule has 1 aromatic rings. The van der Waals surface area contributed by atoms with Crippen LogP contribution in [0.1, 0.15) is 20.8 Å². The van der Waals surface area contributed by atoms with Gasteiger partial charge < -0.3 is 5.73 Å². The first kappa shape index (κ1) is 10.5. The minimum absolute atomic E-state index is 0.361. The number of pyridine rings is 1. The van der Waals surface area contributed by atoms with Gasteiger partial charge in [-0.3, -0.25) is 4.90 Å². The number of anilines is 1. The maximum absolute atomic E-state index is 11.3. The number of nitrogens with zero attached hydrogens (tertiary/aromatic N) is 2. The van der Waals surface area contributed by atoms with E-state index >= 15 is 0 Å². The maximum Gasteiger partial charge on any atom is 0.320 e. The lowest BCUT2D eigenvalue weighted by Crippen LogP contribution is -2.49. The SMILES string of the molecule is CC(C)(C)N(C(N)=O)c1ccccn1. The quantitative estimate of drug-likeness (QED) is 0.738. The van der Waals surface area contributed by atoms with Crippen LogP contribution < -0.4 is 10.6 Å². The molecule has 0 aromatic carbocycles. The number of nitrogens with two attached hydrogens (primary N) is 1. The van der Waals surface area contributed by atoms with Crippen molar-refractivity contribution >= 4 is 11.8 Å². The fourth-order valence-corrected chi connectivity index (χ4v) is 1.27. The van der Waals surface area contributed by atoms with Crippen LogP contribution in [0.25, 0.3) is 0 Å². The standard InChI is InChI=1S/C10H15N3O/c1-10(2,3)13(9(11)14)8-6-4-5-7-12-8/h4-7H,1-3H3,(H2,11,14). The Morgan fingerprint density at radius 2 is 2.07 bits per heavy atom. The summed E-state index contributed by atoms with van der Waals surface area (Å²) in [5.74, 6) is 0.576. The molecule has 0 unspecified atom stereocenters. The van der Waals surface area contributed by atoms with E-state index in [-0.39, 0.29) is 5.54 Å². The molecule has 0 aliphatic rings. The van der Waals surface area contributed by atoms with Gasteiger partial charge >= 0.3 is 6.03 Å². The highest BCUT2D eigenvalue weighted by molar-refractivity contribution is 5.90. The number of carbonyl (C=O) groups excluding carboxylic acids is 1. The lowest BCUT2D eigenvalue weighted by Gasteiger charge is -2.32. The first-order chi connectivity index (χ1) is 6.43. The van der Waals surface area contributed by atoms with Gasteiger partial charge in [0.05, 0.1) is 0 Å². The Bertz CT molecular complexity index is 316. The molecule has 0 saturated carbocycles. The molecule has 0 aliphatic heterocycles. The number of aromatic nitrogens is 1. The number of primary amides is 1. The molecule has 0 aliphatic carbocycles. The maximum atomic E-state index is 11.3. The molecule has 4 heteroatoms. The predicted molar refractivity (Wildman–Crippen MR) is 56.1 cm³/mol. The summed E-state index contributed by atoms with van der Waals surface area (Å²) in [5, 5.41) is 0. The van der Waals surface area contributed by atoms with Gasteiger partial charge in [0.2, 0.25) is 0 Å². The molecule has 4 nitrogen and oxygen atoms in total. The van der Waals surface area contributed by atoms with E-state index in [1.165, 1.54) is 4.90 Å². The lowest BCUT2D eigenvalue weighted by molar-refractivity contribution is 0.248. The van der Waals surface area contributed by atoms with Gasteiger partial charge in [-0.15, -0.1) is 0 Å². The average molecular weight is 193 g/mol. The highest BCUT2D eigenvalue weighted by Gasteiger charge is 2.26. The van der Waals surface area contributed by atoms with Crippen molar-refractivity contribution in [1.82, 2.24) is 4.98 Å². The highest BCUT2D eigenvalue weighted by Crippen LogP contribution is 2.20. The average Bonchev–Trinajstić information content (AvgIpc) is 2.02. The Morgan fingerprint density at radius 1 is 1.43 bits per heavy atom. The molecule has 0 spiro atoms. The minimum Gasteiger partial charge on any atom is -0.351 e. The van der Waals surface area contributed by atoms with Crippen molar-refractivity contribution in [2.45, 2.75) is 26.3 Å². The van der Waals surface area contributed by atoms with Crippen LogP contribution in [-0.4, -0.2) is 16.6 Å². The molecule has 1 heterocycles. The molecule has 1 aromatic heterocycles. The number of hydrogen-bond acceptors (Lipinski definition) is 2. The van der Waals surface area contributed by atoms with E-state index in [9.17, 15) is 4.79 Å². The van der Waals surface area contributed by atoms with Gasteiger partial charge in [0, 0.05) is 11.7 Å². The smallest absolute Gasteiger partial charge is 0.320 e. The van der Waals surface area contributed by atoms with Crippen LogP contribution in [0.15, 0.2) is 24.4 Å². The molecule has 2 amide bonds. The molecule has 76 valence electrons. The molecule has 2 N–H and O–H groups in total. The molecule has 0 fully saturated rings. The molecule has 14 heavy (non-hydrogen) atoms. The highest BCUT2D eigenvalue weighted by atomic mass is 16.2. The summed E-state index contributed by atoms with van der Waals surface area (Å²) in [4.78, 5) is 16.8. The van der Waals surface area contributed by atoms with Crippen LogP contribution in [0, 0.1) is 0 Å². The van der Waals surface area contributed by atoms with Crippen LogP contribution in [0.4, 0.5) is 10.6 Å². The summed E-state index contributed by atoms with van der Waals surface area (Å²) < 4.78 is 0. The van der Waals surface area contributed by atoms with Crippen molar-refractivity contribution in [2.75, 3.05) is 4.90 Å². The van der Waals surface area contributed by atoms with E-state index in [0.29, 0.717) is 5.82 Å². The second-order valence-corrected chi connectivity index (χ2v) is 4.03. The fraction of sp³-hybridized carbons (Fsp3) is 0.400. The van der Waals surface area contributed by atoms with Crippen LogP contribution in [0.2, 0.25) is 0 Å². The molecule has 0 radical (unpaired) electrons. The minimum atomic E-state index is -0.490. The Hall–Kier alpha value is -1.58. The Morgan fingerprint density at radius 3 is 2.43 bits per heavy atom. The summed E-state index contributed by atoms with van der Waals surface area (Å²) in [7, 11) is 0. The van der Waals surface area contributed by atoms with Gasteiger partial charge in [0.1, 0.15) is 5.82 Å². The van der Waals surface area contributed by atoms with Gasteiger partial charge in [-0.05, 0) is 32.9 Å². The van der Waals surface area contributed by atoms with E-state index in [4.69, 9.17) is 5.73 Å². The molecule has 0 atom stereocenters. The zero-order valence-electron chi connectivity index (χ0n) is 8.69. The third-order valence-electron chi connectivity index (χ3n) is 1.77. The molecule has 0 saturated heterocycles. The van der Waals surface area contributed by atoms with E-state index in [0.717, 1.165) is 0 Å². The Labute approximate surface area is 83.7 Å². The zero-order chi connectivity index (χ0) is 10.8. The van der Waals surface area contributed by atoms with Crippen LogP contribution in [0.5, 0.6) is 0 Å². The number of rotatable bonds is 1. The van der Waals surface area contributed by atoms with Gasteiger partial charge in [-0.2, -0.15) is 0 Å². The van der Waals surface area contributed by atoms with Crippen LogP contribution in [0.3, 0.4) is 0 Å². The lowest BCUT2D eigenvalue weighted by atomic mass is 10.1. The van der Waals surface area contributed by atoms with Crippen LogP contribution >= 0.6 is 0 Å². The van der Waals surface area contributed by atoms with Crippen molar-refractivity contribution in [1.29, 1.82) is 0 Å². The normalized spacial score (nSPS) is 11.1. The number of urea groups is 1. The van der Waals surface area contributed by atoms with Crippen molar-refractivity contribution in [3.63, 3.8) is 0 Å². The second kappa shape index (κ2) is 3.65. The summed E-state index contributed by atoms with van der Waals surface area (Å²) in [5.41, 5.74) is 4.94. The van der Waals surface area contributed by atoms with Crippen molar-refractivity contribution in [2.24, 2.45) is 5.73 Å². The first-order valence-corrected chi connectivity index (χ1v) is 4.43. The predicted octanol–water partition coefficient (Wildman–Crippen LogP) is 1.77. The molecule has 0 bridgehead atoms. The summed E-state index contributed by atoms with van der Waals surface area (Å²) >= 11 is 0. The fourth-order valence-electron chi connectivity index (χ4n) is 1.27. The molecular weight excluding hydrogens is 178 g/mol. The van der Waals surface area contributed by atoms with Crippen molar-refractivity contribution < 1.29 is 4.79 Å². The number of amides is 2. The van der Waals surface area contributed by atoms with E-state index in [2.05, 4.69) is 4.98 Å². The zero-order valence-corrected chi connectivity index (χ0v) is 8.69. The van der Waals surface area contributed by atoms with E-state index in [1.807, 2.05) is 26.8 Å². The second-order valence-electron chi connectivity index (χ2n) is 4.03. The van der Waals surface area contributed by atoms with Gasteiger partial charge in [0.15, 0.2) is 0 Å². The number of carbonyl (C=O) groups is 1. The topological polar surface area (TPSA) is 59.2 Å². The summed E-state index contributed by atoms with van der Waals surface area (Å²) in [6, 6.07) is 4.89. The molecular formula is C10H15N3O. The van der Waals surface area contributed by atoms with E-state index < -0.39 is 6.03 Å². The van der Waals surface area contributed by atoms with E-state index in [1.54, 1.807) is 18.3 Å². The van der Waals surface area contributed by atoms with Gasteiger partial charge in [-0.1, -0.05) is 6.07 Å². The monoisotopic (exact) mass is 193 g/mol. The number of hydrogen-bond donors (Lipinski definition) is 1. The van der Waals surface area contributed by atoms with Crippen molar-refractivity contribution in [3.05, 3.63) is 24.4 Å². The largest absolute Gasteiger partial charge is 0.351 e. The first-order valence-electron chi connectivity index (χ1n) is 4.43. The van der Waals surface area contributed by atoms with Crippen LogP contribution in [-0.2, 0) is 0 Å². The Kier molecular flexibility index (Phi) is 2.74. The third kappa shape index (κ3) is 2.22. The van der Waals surface area contributed by atoms with Gasteiger partial charge in [-0.25, -0.2) is 9.78 Å². The Balaban J connectivity index is 3.08. The third-order valence-corrected chi connectivity index (χ3v) is 1.77. The summed E-state index contributed by atoms with van der Waals surface area (Å²) in [6.07, 6.45) is 1.64. The summed E-state index contributed by atoms with van der Waals surface area (Å²) in [6.45, 7) is 5.73. The van der Waals surface area contributed by atoms with Gasteiger partial charge in [0.25, 0.3) is 0 Å². The molecule has 1 rings (SSSR count). The van der Waals surface area contributed by atoms with Crippen molar-refractivity contribution in [3.8, 4) is 0 Å².